The summed E-state index contributed by atoms with van der Waals surface area (Å²) in [5.74, 6) is 0.987. The number of nitriles is 1. The maximum atomic E-state index is 12.6. The number of nitrogens with one attached hydrogen (secondary N) is 1. The second kappa shape index (κ2) is 10.1. The van der Waals surface area contributed by atoms with Gasteiger partial charge in [0, 0.05) is 42.7 Å². The molecule has 1 fully saturated rings. The number of nitrogens with zero attached hydrogens (tertiary/aromatic N) is 3. The van der Waals surface area contributed by atoms with Crippen molar-refractivity contribution in [3.63, 3.8) is 0 Å². The Morgan fingerprint density at radius 2 is 1.94 bits per heavy atom. The summed E-state index contributed by atoms with van der Waals surface area (Å²) in [6, 6.07) is 12.9. The van der Waals surface area contributed by atoms with Gasteiger partial charge in [0.2, 0.25) is 11.8 Å². The summed E-state index contributed by atoms with van der Waals surface area (Å²) in [5.41, 5.74) is 4.19. The zero-order valence-electron chi connectivity index (χ0n) is 19.6. The van der Waals surface area contributed by atoms with E-state index in [2.05, 4.69) is 37.1 Å². The van der Waals surface area contributed by atoms with Crippen molar-refractivity contribution in [2.45, 2.75) is 39.0 Å². The van der Waals surface area contributed by atoms with Crippen molar-refractivity contribution in [3.8, 4) is 17.5 Å². The molecule has 1 aromatic heterocycles. The van der Waals surface area contributed by atoms with Crippen molar-refractivity contribution in [3.05, 3.63) is 60.0 Å². The number of piperidine rings is 1. The van der Waals surface area contributed by atoms with Crippen molar-refractivity contribution in [1.82, 2.24) is 15.2 Å². The lowest BCUT2D eigenvalue weighted by atomic mass is 9.96. The summed E-state index contributed by atoms with van der Waals surface area (Å²) in [5, 5.41) is 12.3. The fraction of sp³-hybridized carbons (Fsp3) is 0.370. The van der Waals surface area contributed by atoms with Crippen molar-refractivity contribution in [2.24, 2.45) is 5.92 Å². The predicted molar refractivity (Wildman–Crippen MR) is 130 cm³/mol. The van der Waals surface area contributed by atoms with Crippen LogP contribution in [0, 0.1) is 24.2 Å². The molecule has 1 aliphatic rings. The Kier molecular flexibility index (Phi) is 6.97. The molecule has 1 saturated heterocycles. The van der Waals surface area contributed by atoms with Gasteiger partial charge in [-0.25, -0.2) is 4.98 Å². The van der Waals surface area contributed by atoms with Gasteiger partial charge in [-0.05, 0) is 68.0 Å². The molecule has 34 heavy (non-hydrogen) atoms. The average Bonchev–Trinajstić information content (AvgIpc) is 3.30. The molecular formula is C27H29N4O3. The van der Waals surface area contributed by atoms with Gasteiger partial charge in [-0.15, -0.1) is 0 Å². The molecular weight excluding hydrogens is 428 g/mol. The van der Waals surface area contributed by atoms with E-state index in [-0.39, 0.29) is 17.7 Å². The topological polar surface area (TPSA) is 99.2 Å². The van der Waals surface area contributed by atoms with E-state index >= 15 is 0 Å². The number of aromatic nitrogens is 1. The van der Waals surface area contributed by atoms with Gasteiger partial charge in [0.1, 0.15) is 5.52 Å². The van der Waals surface area contributed by atoms with Gasteiger partial charge in [0.05, 0.1) is 11.6 Å². The van der Waals surface area contributed by atoms with Gasteiger partial charge >= 0.3 is 0 Å². The molecule has 3 aromatic rings. The highest BCUT2D eigenvalue weighted by atomic mass is 16.3. The number of likely N-dealkylation sites (tertiary alicyclic amines) is 1. The minimum absolute atomic E-state index is 0.0902. The van der Waals surface area contributed by atoms with Gasteiger partial charge in [-0.3, -0.25) is 9.59 Å². The number of oxazole rings is 1. The standard InChI is InChI=1S/C27H29N4O3/c1-4-24(32)31-11-9-18(10-12-31)16-29-26(33)20-5-7-21(8-6-20)27-30-23-14-19(15-28)13-22(17(2)3)25(23)34-27/h5-8,13-14,17-18H,1,4,9-12,16H2,2-3H3,(H,29,33). The third kappa shape index (κ3) is 4.96. The van der Waals surface area contributed by atoms with Crippen LogP contribution < -0.4 is 5.32 Å². The summed E-state index contributed by atoms with van der Waals surface area (Å²) < 4.78 is 6.05. The Morgan fingerprint density at radius 1 is 1.24 bits per heavy atom. The SMILES string of the molecule is [CH2]CC(=O)N1CCC(CNC(=O)c2ccc(-c3nc4cc(C#N)cc(C(C)C)c4o3)cc2)CC1. The molecule has 0 bridgehead atoms. The number of hydrogen-bond donors (Lipinski definition) is 1. The van der Waals surface area contributed by atoms with Gasteiger partial charge in [-0.2, -0.15) is 5.26 Å². The maximum Gasteiger partial charge on any atom is 0.251 e. The second-order valence-electron chi connectivity index (χ2n) is 9.06. The van der Waals surface area contributed by atoms with Crippen LogP contribution in [0.25, 0.3) is 22.6 Å². The highest BCUT2D eigenvalue weighted by Gasteiger charge is 2.22. The van der Waals surface area contributed by atoms with Crippen LogP contribution in [0.4, 0.5) is 0 Å². The van der Waals surface area contributed by atoms with Crippen molar-refractivity contribution < 1.29 is 14.0 Å². The first kappa shape index (κ1) is 23.5. The number of rotatable bonds is 6. The van der Waals surface area contributed by atoms with Crippen molar-refractivity contribution in [2.75, 3.05) is 19.6 Å². The van der Waals surface area contributed by atoms with Crippen LogP contribution in [-0.2, 0) is 4.79 Å². The van der Waals surface area contributed by atoms with Crippen LogP contribution in [0.15, 0.2) is 40.8 Å². The molecule has 7 nitrogen and oxygen atoms in total. The summed E-state index contributed by atoms with van der Waals surface area (Å²) in [6.45, 7) is 9.81. The Hall–Kier alpha value is -3.66. The molecule has 0 spiro atoms. The molecule has 2 amide bonds. The first-order valence-corrected chi connectivity index (χ1v) is 11.7. The van der Waals surface area contributed by atoms with Gasteiger partial charge < -0.3 is 14.6 Å². The van der Waals surface area contributed by atoms with Crippen LogP contribution >= 0.6 is 0 Å². The number of carbonyl (C=O) groups is 2. The van der Waals surface area contributed by atoms with Crippen molar-refractivity contribution >= 4 is 22.9 Å². The third-order valence-corrected chi connectivity index (χ3v) is 6.40. The molecule has 1 N–H and O–H groups in total. The van der Waals surface area contributed by atoms with E-state index < -0.39 is 0 Å². The molecule has 175 valence electrons. The summed E-state index contributed by atoms with van der Waals surface area (Å²) in [4.78, 5) is 30.8. The summed E-state index contributed by atoms with van der Waals surface area (Å²) >= 11 is 0. The Morgan fingerprint density at radius 3 is 2.56 bits per heavy atom. The molecule has 0 atom stereocenters. The van der Waals surface area contributed by atoms with E-state index in [9.17, 15) is 14.9 Å². The quantitative estimate of drug-likeness (QED) is 0.579. The minimum Gasteiger partial charge on any atom is -0.436 e. The monoisotopic (exact) mass is 457 g/mol. The number of carbonyl (C=O) groups excluding carboxylic acids is 2. The maximum absolute atomic E-state index is 12.6. The second-order valence-corrected chi connectivity index (χ2v) is 9.06. The molecule has 7 heteroatoms. The van der Waals surface area contributed by atoms with Crippen molar-refractivity contribution in [1.29, 1.82) is 5.26 Å². The molecule has 2 heterocycles. The number of fused-ring (bicyclic) bond motifs is 1. The number of hydrogen-bond acceptors (Lipinski definition) is 5. The van der Waals surface area contributed by atoms with E-state index in [1.54, 1.807) is 18.2 Å². The molecule has 1 radical (unpaired) electrons. The fourth-order valence-corrected chi connectivity index (χ4v) is 4.32. The Labute approximate surface area is 199 Å². The minimum atomic E-state index is -0.124. The predicted octanol–water partition coefficient (Wildman–Crippen LogP) is 4.68. The molecule has 2 aromatic carbocycles. The first-order valence-electron chi connectivity index (χ1n) is 11.7. The van der Waals surface area contributed by atoms with Crippen LogP contribution in [0.2, 0.25) is 0 Å². The molecule has 4 rings (SSSR count). The van der Waals surface area contributed by atoms with E-state index in [0.717, 1.165) is 37.1 Å². The smallest absolute Gasteiger partial charge is 0.251 e. The summed E-state index contributed by atoms with van der Waals surface area (Å²) in [6.07, 6.45) is 2.06. The van der Waals surface area contributed by atoms with E-state index in [0.29, 0.717) is 47.0 Å². The highest BCUT2D eigenvalue weighted by Crippen LogP contribution is 2.31. The van der Waals surface area contributed by atoms with Crippen LogP contribution in [0.5, 0.6) is 0 Å². The fourth-order valence-electron chi connectivity index (χ4n) is 4.32. The van der Waals surface area contributed by atoms with Gasteiger partial charge in [0.25, 0.3) is 5.91 Å². The highest BCUT2D eigenvalue weighted by molar-refractivity contribution is 5.94. The molecule has 1 aliphatic heterocycles. The van der Waals surface area contributed by atoms with Crippen LogP contribution in [0.3, 0.4) is 0 Å². The lowest BCUT2D eigenvalue weighted by Gasteiger charge is -2.31. The van der Waals surface area contributed by atoms with Crippen LogP contribution in [-0.4, -0.2) is 41.3 Å². The van der Waals surface area contributed by atoms with Gasteiger partial charge in [0.15, 0.2) is 5.58 Å². The van der Waals surface area contributed by atoms with E-state index in [1.165, 1.54) is 0 Å². The lowest BCUT2D eigenvalue weighted by Crippen LogP contribution is -2.41. The van der Waals surface area contributed by atoms with Crippen LogP contribution in [0.1, 0.15) is 60.5 Å². The summed E-state index contributed by atoms with van der Waals surface area (Å²) in [7, 11) is 0. The first-order chi connectivity index (χ1) is 16.4. The number of amides is 2. The molecule has 0 unspecified atom stereocenters. The third-order valence-electron chi connectivity index (χ3n) is 6.40. The molecule has 0 aliphatic carbocycles. The normalized spacial score (nSPS) is 14.4. The van der Waals surface area contributed by atoms with Gasteiger partial charge in [-0.1, -0.05) is 13.8 Å². The van der Waals surface area contributed by atoms with E-state index in [1.807, 2.05) is 23.1 Å². The number of benzene rings is 2. The zero-order chi connectivity index (χ0) is 24.2. The lowest BCUT2D eigenvalue weighted by molar-refractivity contribution is -0.131. The average molecular weight is 458 g/mol. The molecule has 0 saturated carbocycles. The zero-order valence-corrected chi connectivity index (χ0v) is 19.6. The van der Waals surface area contributed by atoms with E-state index in [4.69, 9.17) is 4.42 Å². The Balaban J connectivity index is 1.41. The largest absolute Gasteiger partial charge is 0.436 e. The Bertz CT molecular complexity index is 1230.